The molecule has 0 saturated heterocycles. The van der Waals surface area contributed by atoms with Crippen LogP contribution < -0.4 is 0 Å². The third-order valence-electron chi connectivity index (χ3n) is 6.34. The van der Waals surface area contributed by atoms with Crippen LogP contribution in [0.3, 0.4) is 0 Å². The van der Waals surface area contributed by atoms with Crippen molar-refractivity contribution in [3.63, 3.8) is 0 Å². The second-order valence-electron chi connectivity index (χ2n) is 8.70. The Bertz CT molecular complexity index is 1130. The fourth-order valence-corrected chi connectivity index (χ4v) is 5.27. The van der Waals surface area contributed by atoms with Gasteiger partial charge in [-0.3, -0.25) is 4.68 Å². The van der Waals surface area contributed by atoms with Crippen LogP contribution in [-0.4, -0.2) is 40.3 Å². The van der Waals surface area contributed by atoms with Gasteiger partial charge in [-0.15, -0.1) is 11.8 Å². The van der Waals surface area contributed by atoms with Crippen LogP contribution in [0.25, 0.3) is 22.4 Å². The number of nitrogens with zero attached hydrogens (tertiary/aromatic N) is 2. The Morgan fingerprint density at radius 3 is 2.50 bits per heavy atom. The number of aliphatic carboxylic acids is 1. The summed E-state index contributed by atoms with van der Waals surface area (Å²) in [5.41, 5.74) is 2.53. The number of benzene rings is 2. The molecular formula is C26H28F2N2O3S. The molecule has 34 heavy (non-hydrogen) atoms. The van der Waals surface area contributed by atoms with Crippen LogP contribution in [-0.2, 0) is 16.1 Å². The average molecular weight is 487 g/mol. The van der Waals surface area contributed by atoms with Gasteiger partial charge >= 0.3 is 5.97 Å². The maximum Gasteiger partial charge on any atom is 0.329 e. The number of carboxylic acids is 1. The minimum atomic E-state index is -0.948. The van der Waals surface area contributed by atoms with E-state index in [9.17, 15) is 13.6 Å². The first-order chi connectivity index (χ1) is 16.5. The summed E-state index contributed by atoms with van der Waals surface area (Å²) >= 11 is 1.42. The zero-order valence-corrected chi connectivity index (χ0v) is 19.9. The summed E-state index contributed by atoms with van der Waals surface area (Å²) in [5.74, 6) is -1.16. The van der Waals surface area contributed by atoms with Crippen molar-refractivity contribution in [2.24, 2.45) is 11.8 Å². The van der Waals surface area contributed by atoms with Crippen molar-refractivity contribution in [3.05, 3.63) is 60.2 Å². The summed E-state index contributed by atoms with van der Waals surface area (Å²) in [6.45, 7) is 0.887. The number of halogens is 2. The second-order valence-corrected chi connectivity index (χ2v) is 9.50. The number of carboxylic acid groups (broad SMARTS) is 1. The molecule has 8 heteroatoms. The van der Waals surface area contributed by atoms with Gasteiger partial charge in [0.1, 0.15) is 23.3 Å². The number of thioether (sulfide) groups is 1. The lowest BCUT2D eigenvalue weighted by molar-refractivity contribution is -0.142. The Balaban J connectivity index is 1.62. The van der Waals surface area contributed by atoms with Crippen LogP contribution in [0, 0.1) is 23.5 Å². The molecule has 1 aliphatic carbocycles. The Labute approximate surface area is 202 Å². The molecule has 0 bridgehead atoms. The van der Waals surface area contributed by atoms with Crippen molar-refractivity contribution in [3.8, 4) is 22.4 Å². The third-order valence-corrected chi connectivity index (χ3v) is 7.01. The molecule has 0 amide bonds. The average Bonchev–Trinajstić information content (AvgIpc) is 3.20. The molecule has 1 fully saturated rings. The molecule has 1 saturated carbocycles. The van der Waals surface area contributed by atoms with Gasteiger partial charge in [-0.05, 0) is 62.0 Å². The maximum absolute atomic E-state index is 14.9. The number of hydrogen-bond donors (Lipinski definition) is 1. The molecule has 1 aliphatic rings. The molecule has 0 unspecified atom stereocenters. The van der Waals surface area contributed by atoms with Gasteiger partial charge < -0.3 is 9.84 Å². The van der Waals surface area contributed by atoms with Crippen molar-refractivity contribution >= 4 is 17.7 Å². The molecule has 0 atom stereocenters. The topological polar surface area (TPSA) is 64.4 Å². The normalized spacial score (nSPS) is 18.2. The fourth-order valence-electron chi connectivity index (χ4n) is 4.67. The van der Waals surface area contributed by atoms with E-state index in [0.29, 0.717) is 35.6 Å². The smallest absolute Gasteiger partial charge is 0.329 e. The highest BCUT2D eigenvalue weighted by Crippen LogP contribution is 2.41. The van der Waals surface area contributed by atoms with Crippen LogP contribution in [0.4, 0.5) is 8.78 Å². The lowest BCUT2D eigenvalue weighted by Crippen LogP contribution is -2.23. The van der Waals surface area contributed by atoms with E-state index >= 15 is 0 Å². The predicted molar refractivity (Wildman–Crippen MR) is 129 cm³/mol. The van der Waals surface area contributed by atoms with Crippen molar-refractivity contribution in [2.45, 2.75) is 37.3 Å². The molecule has 1 heterocycles. The lowest BCUT2D eigenvalue weighted by Gasteiger charge is -2.28. The maximum atomic E-state index is 14.9. The first-order valence-corrected chi connectivity index (χ1v) is 12.6. The highest BCUT2D eigenvalue weighted by molar-refractivity contribution is 7.98. The van der Waals surface area contributed by atoms with Crippen LogP contribution >= 0.6 is 11.8 Å². The van der Waals surface area contributed by atoms with Gasteiger partial charge in [0, 0.05) is 23.2 Å². The van der Waals surface area contributed by atoms with E-state index in [1.165, 1.54) is 17.8 Å². The van der Waals surface area contributed by atoms with Crippen LogP contribution in [0.2, 0.25) is 0 Å². The Morgan fingerprint density at radius 2 is 1.82 bits per heavy atom. The standard InChI is InChI=1S/C26H28F2N2O3S/c1-34-26-24(21-13-20(27)11-12-22(21)28)25(19-5-3-2-4-6-19)30(29-26)14-17-7-9-18(10-8-17)15-33-16-23(31)32/h2-6,11-13,17-18H,7-10,14-16H2,1H3,(H,31,32)/t17-,18-. The third kappa shape index (κ3) is 5.67. The summed E-state index contributed by atoms with van der Waals surface area (Å²) < 4.78 is 36.2. The Morgan fingerprint density at radius 1 is 1.12 bits per heavy atom. The van der Waals surface area contributed by atoms with Gasteiger partial charge in [-0.25, -0.2) is 13.6 Å². The van der Waals surface area contributed by atoms with Crippen molar-refractivity contribution in [1.29, 1.82) is 0 Å². The molecule has 1 aromatic heterocycles. The summed E-state index contributed by atoms with van der Waals surface area (Å²) in [6, 6.07) is 13.3. The zero-order valence-electron chi connectivity index (χ0n) is 19.0. The van der Waals surface area contributed by atoms with Crippen molar-refractivity contribution < 1.29 is 23.4 Å². The van der Waals surface area contributed by atoms with Crippen LogP contribution in [0.5, 0.6) is 0 Å². The highest BCUT2D eigenvalue weighted by Gasteiger charge is 2.27. The molecule has 2 aromatic carbocycles. The molecule has 1 N–H and O–H groups in total. The summed E-state index contributed by atoms with van der Waals surface area (Å²) in [4.78, 5) is 10.7. The number of aromatic nitrogens is 2. The first-order valence-electron chi connectivity index (χ1n) is 11.4. The molecule has 0 radical (unpaired) electrons. The zero-order chi connectivity index (χ0) is 24.1. The van der Waals surface area contributed by atoms with E-state index in [0.717, 1.165) is 49.1 Å². The summed E-state index contributed by atoms with van der Waals surface area (Å²) in [5, 5.41) is 14.2. The van der Waals surface area contributed by atoms with E-state index in [1.807, 2.05) is 41.3 Å². The Hall–Kier alpha value is -2.71. The quantitative estimate of drug-likeness (QED) is 0.369. The highest BCUT2D eigenvalue weighted by atomic mass is 32.2. The van der Waals surface area contributed by atoms with Gasteiger partial charge in [0.15, 0.2) is 0 Å². The number of carbonyl (C=O) groups is 1. The molecule has 0 aliphatic heterocycles. The Kier molecular flexibility index (Phi) is 8.00. The monoisotopic (exact) mass is 486 g/mol. The number of ether oxygens (including phenoxy) is 1. The first kappa shape index (κ1) is 24.4. The van der Waals surface area contributed by atoms with Gasteiger partial charge in [0.05, 0.1) is 12.3 Å². The van der Waals surface area contributed by atoms with E-state index in [4.69, 9.17) is 14.9 Å². The van der Waals surface area contributed by atoms with Gasteiger partial charge in [0.2, 0.25) is 0 Å². The molecular weight excluding hydrogens is 458 g/mol. The van der Waals surface area contributed by atoms with Gasteiger partial charge in [-0.2, -0.15) is 5.10 Å². The minimum absolute atomic E-state index is 0.216. The molecule has 4 rings (SSSR count). The van der Waals surface area contributed by atoms with Crippen molar-refractivity contribution in [2.75, 3.05) is 19.5 Å². The largest absolute Gasteiger partial charge is 0.480 e. The molecule has 3 aromatic rings. The second kappa shape index (κ2) is 11.1. The van der Waals surface area contributed by atoms with Crippen molar-refractivity contribution in [1.82, 2.24) is 9.78 Å². The molecule has 5 nitrogen and oxygen atoms in total. The minimum Gasteiger partial charge on any atom is -0.480 e. The molecule has 0 spiro atoms. The molecule has 180 valence electrons. The number of hydrogen-bond acceptors (Lipinski definition) is 4. The lowest BCUT2D eigenvalue weighted by atomic mass is 9.82. The van der Waals surface area contributed by atoms with E-state index < -0.39 is 17.6 Å². The predicted octanol–water partition coefficient (Wildman–Crippen LogP) is 6.12. The van der Waals surface area contributed by atoms with E-state index in [1.54, 1.807) is 0 Å². The number of rotatable bonds is 9. The van der Waals surface area contributed by atoms with E-state index in [2.05, 4.69) is 0 Å². The fraction of sp³-hybridized carbons (Fsp3) is 0.385. The van der Waals surface area contributed by atoms with E-state index in [-0.39, 0.29) is 12.2 Å². The van der Waals surface area contributed by atoms with Crippen LogP contribution in [0.15, 0.2) is 53.6 Å². The summed E-state index contributed by atoms with van der Waals surface area (Å²) in [7, 11) is 0. The van der Waals surface area contributed by atoms with Gasteiger partial charge in [0.25, 0.3) is 0 Å². The SMILES string of the molecule is CSc1nn(C[C@H]2CC[C@H](COCC(=O)O)CC2)c(-c2ccccc2)c1-c1cc(F)ccc1F. The van der Waals surface area contributed by atoms with Crippen LogP contribution in [0.1, 0.15) is 25.7 Å². The van der Waals surface area contributed by atoms with Gasteiger partial charge in [-0.1, -0.05) is 30.3 Å². The summed E-state index contributed by atoms with van der Waals surface area (Å²) in [6.07, 6.45) is 5.78.